The molecule has 0 spiro atoms. The van der Waals surface area contributed by atoms with Gasteiger partial charge in [-0.3, -0.25) is 9.67 Å². The highest BCUT2D eigenvalue weighted by atomic mass is 15.3. The van der Waals surface area contributed by atoms with Crippen molar-refractivity contribution in [3.8, 4) is 0 Å². The van der Waals surface area contributed by atoms with Crippen molar-refractivity contribution in [2.24, 2.45) is 12.0 Å². The quantitative estimate of drug-likeness (QED) is 0.650. The van der Waals surface area contributed by atoms with Gasteiger partial charge in [-0.05, 0) is 37.0 Å². The van der Waals surface area contributed by atoms with Gasteiger partial charge >= 0.3 is 0 Å². The van der Waals surface area contributed by atoms with Crippen molar-refractivity contribution in [2.75, 3.05) is 26.2 Å². The van der Waals surface area contributed by atoms with Gasteiger partial charge in [0.05, 0.1) is 12.7 Å². The number of nitrogens with one attached hydrogen (secondary N) is 1. The number of aryl methyl sites for hydroxylation is 2. The lowest BCUT2D eigenvalue weighted by Crippen LogP contribution is -2.41. The highest BCUT2D eigenvalue weighted by Gasteiger charge is 2.28. The predicted octanol–water partition coefficient (Wildman–Crippen LogP) is 3.46. The van der Waals surface area contributed by atoms with Crippen LogP contribution in [0.4, 0.5) is 0 Å². The molecule has 1 aromatic carbocycles. The van der Waals surface area contributed by atoms with Crippen LogP contribution < -0.4 is 5.32 Å². The van der Waals surface area contributed by atoms with Crippen molar-refractivity contribution in [2.45, 2.75) is 45.4 Å². The van der Waals surface area contributed by atoms with Gasteiger partial charge in [-0.2, -0.15) is 5.10 Å². The Morgan fingerprint density at radius 1 is 1.33 bits per heavy atom. The van der Waals surface area contributed by atoms with Crippen molar-refractivity contribution in [3.05, 3.63) is 53.3 Å². The fraction of sp³-hybridized carbons (Fsp3) is 0.545. The number of rotatable bonds is 5. The van der Waals surface area contributed by atoms with Gasteiger partial charge in [0.25, 0.3) is 0 Å². The van der Waals surface area contributed by atoms with Gasteiger partial charge in [-0.1, -0.05) is 38.1 Å². The van der Waals surface area contributed by atoms with E-state index in [1.807, 2.05) is 17.9 Å². The zero-order valence-electron chi connectivity index (χ0n) is 17.4. The van der Waals surface area contributed by atoms with E-state index in [0.29, 0.717) is 5.92 Å². The minimum Gasteiger partial charge on any atom is -0.357 e. The number of aliphatic imine (C=N–C) groups is 1. The standard InChI is InChI=1S/C22H33N5/c1-6-23-21(24-16-22(3,4)20-10-8-7-9-17(20)2)27-12-11-18(15-27)19-13-25-26(5)14-19/h7-10,13-14,18H,6,11-12,15-16H2,1-5H3,(H,23,24). The maximum absolute atomic E-state index is 5.03. The van der Waals surface area contributed by atoms with E-state index >= 15 is 0 Å². The minimum absolute atomic E-state index is 0.00842. The normalized spacial score (nSPS) is 18.2. The molecule has 2 heterocycles. The number of aromatic nitrogens is 2. The second-order valence-corrected chi connectivity index (χ2v) is 8.25. The molecule has 2 aromatic rings. The van der Waals surface area contributed by atoms with E-state index in [-0.39, 0.29) is 5.41 Å². The molecule has 1 N–H and O–H groups in total. The molecule has 0 aliphatic carbocycles. The first kappa shape index (κ1) is 19.5. The van der Waals surface area contributed by atoms with Crippen molar-refractivity contribution in [1.82, 2.24) is 20.0 Å². The van der Waals surface area contributed by atoms with Crippen molar-refractivity contribution < 1.29 is 0 Å². The van der Waals surface area contributed by atoms with E-state index in [2.05, 4.69) is 73.5 Å². The van der Waals surface area contributed by atoms with Crippen LogP contribution in [0.15, 0.2) is 41.7 Å². The van der Waals surface area contributed by atoms with Crippen molar-refractivity contribution in [3.63, 3.8) is 0 Å². The first-order valence-corrected chi connectivity index (χ1v) is 9.98. The average Bonchev–Trinajstić information content (AvgIpc) is 3.28. The second-order valence-electron chi connectivity index (χ2n) is 8.25. The summed E-state index contributed by atoms with van der Waals surface area (Å²) in [4.78, 5) is 7.43. The highest BCUT2D eigenvalue weighted by Crippen LogP contribution is 2.28. The molecule has 0 bridgehead atoms. The van der Waals surface area contributed by atoms with Gasteiger partial charge in [0, 0.05) is 44.2 Å². The summed E-state index contributed by atoms with van der Waals surface area (Å²) in [5, 5.41) is 7.83. The van der Waals surface area contributed by atoms with Crippen LogP contribution in [0.25, 0.3) is 0 Å². The average molecular weight is 368 g/mol. The molecule has 27 heavy (non-hydrogen) atoms. The molecule has 3 rings (SSSR count). The first-order valence-electron chi connectivity index (χ1n) is 9.98. The summed E-state index contributed by atoms with van der Waals surface area (Å²) in [5.74, 6) is 1.57. The Morgan fingerprint density at radius 2 is 2.11 bits per heavy atom. The molecule has 1 fully saturated rings. The third-order valence-corrected chi connectivity index (χ3v) is 5.52. The number of likely N-dealkylation sites (tertiary alicyclic amines) is 1. The lowest BCUT2D eigenvalue weighted by Gasteiger charge is -2.27. The number of hydrogen-bond donors (Lipinski definition) is 1. The van der Waals surface area contributed by atoms with Crippen LogP contribution in [0.3, 0.4) is 0 Å². The Kier molecular flexibility index (Phi) is 5.88. The van der Waals surface area contributed by atoms with Crippen LogP contribution in [-0.4, -0.2) is 46.8 Å². The van der Waals surface area contributed by atoms with Gasteiger partial charge in [-0.15, -0.1) is 0 Å². The lowest BCUT2D eigenvalue weighted by molar-refractivity contribution is 0.473. The van der Waals surface area contributed by atoms with Crippen LogP contribution >= 0.6 is 0 Å². The first-order chi connectivity index (χ1) is 12.9. The Hall–Kier alpha value is -2.30. The summed E-state index contributed by atoms with van der Waals surface area (Å²) in [6, 6.07) is 8.64. The third kappa shape index (κ3) is 4.52. The smallest absolute Gasteiger partial charge is 0.193 e. The van der Waals surface area contributed by atoms with Crippen LogP contribution in [0.1, 0.15) is 49.8 Å². The predicted molar refractivity (Wildman–Crippen MR) is 112 cm³/mol. The molecule has 1 unspecified atom stereocenters. The van der Waals surface area contributed by atoms with Gasteiger partial charge < -0.3 is 10.2 Å². The molecule has 1 saturated heterocycles. The SMILES string of the molecule is CCNC(=NCC(C)(C)c1ccccc1C)N1CCC(c2cnn(C)c2)C1. The summed E-state index contributed by atoms with van der Waals surface area (Å²) in [5.41, 5.74) is 4.05. The monoisotopic (exact) mass is 367 g/mol. The molecule has 0 amide bonds. The van der Waals surface area contributed by atoms with Crippen molar-refractivity contribution in [1.29, 1.82) is 0 Å². The highest BCUT2D eigenvalue weighted by molar-refractivity contribution is 5.80. The molecule has 146 valence electrons. The third-order valence-electron chi connectivity index (χ3n) is 5.52. The fourth-order valence-electron chi connectivity index (χ4n) is 3.99. The summed E-state index contributed by atoms with van der Waals surface area (Å²) in [7, 11) is 1.98. The van der Waals surface area contributed by atoms with E-state index in [1.54, 1.807) is 0 Å². The zero-order chi connectivity index (χ0) is 19.4. The van der Waals surface area contributed by atoms with E-state index in [4.69, 9.17) is 4.99 Å². The Bertz CT molecular complexity index is 790. The summed E-state index contributed by atoms with van der Waals surface area (Å²) in [6.07, 6.45) is 5.29. The van der Waals surface area contributed by atoms with Crippen LogP contribution in [0.2, 0.25) is 0 Å². The summed E-state index contributed by atoms with van der Waals surface area (Å²) in [6.45, 7) is 12.6. The molecule has 1 aliphatic heterocycles. The zero-order valence-corrected chi connectivity index (χ0v) is 17.4. The van der Waals surface area contributed by atoms with Crippen LogP contribution in [0, 0.1) is 6.92 Å². The lowest BCUT2D eigenvalue weighted by atomic mass is 9.82. The van der Waals surface area contributed by atoms with Gasteiger partial charge in [0.15, 0.2) is 5.96 Å². The maximum Gasteiger partial charge on any atom is 0.193 e. The van der Waals surface area contributed by atoms with Gasteiger partial charge in [0.2, 0.25) is 0 Å². The maximum atomic E-state index is 5.03. The Labute approximate surface area is 163 Å². The molecule has 5 heteroatoms. The van der Waals surface area contributed by atoms with Crippen LogP contribution in [0.5, 0.6) is 0 Å². The Balaban J connectivity index is 1.72. The van der Waals surface area contributed by atoms with E-state index in [9.17, 15) is 0 Å². The molecule has 0 radical (unpaired) electrons. The second kappa shape index (κ2) is 8.15. The largest absolute Gasteiger partial charge is 0.357 e. The van der Waals surface area contributed by atoms with E-state index in [1.165, 1.54) is 16.7 Å². The number of guanidine groups is 1. The molecule has 1 aromatic heterocycles. The minimum atomic E-state index is 0.00842. The van der Waals surface area contributed by atoms with Gasteiger partial charge in [0.1, 0.15) is 0 Å². The Morgan fingerprint density at radius 3 is 2.78 bits per heavy atom. The number of nitrogens with zero attached hydrogens (tertiary/aromatic N) is 4. The molecule has 0 saturated carbocycles. The van der Waals surface area contributed by atoms with E-state index < -0.39 is 0 Å². The summed E-state index contributed by atoms with van der Waals surface area (Å²) < 4.78 is 1.89. The van der Waals surface area contributed by atoms with Crippen molar-refractivity contribution >= 4 is 5.96 Å². The molecular weight excluding hydrogens is 334 g/mol. The van der Waals surface area contributed by atoms with Gasteiger partial charge in [-0.25, -0.2) is 0 Å². The number of benzene rings is 1. The molecule has 1 atom stereocenters. The fourth-order valence-corrected chi connectivity index (χ4v) is 3.99. The van der Waals surface area contributed by atoms with Crippen LogP contribution in [-0.2, 0) is 12.5 Å². The molecular formula is C22H33N5. The topological polar surface area (TPSA) is 45.5 Å². The number of hydrogen-bond acceptors (Lipinski definition) is 2. The summed E-state index contributed by atoms with van der Waals surface area (Å²) >= 11 is 0. The molecule has 5 nitrogen and oxygen atoms in total. The van der Waals surface area contributed by atoms with E-state index in [0.717, 1.165) is 38.6 Å². The molecule has 1 aliphatic rings.